The summed E-state index contributed by atoms with van der Waals surface area (Å²) >= 11 is 0. The number of rotatable bonds is 0. The third-order valence-electron chi connectivity index (χ3n) is 4.04. The minimum atomic E-state index is 0.785. The van der Waals surface area contributed by atoms with Crippen LogP contribution in [0.15, 0.2) is 60.8 Å². The van der Waals surface area contributed by atoms with Crippen molar-refractivity contribution in [3.63, 3.8) is 0 Å². The minimum absolute atomic E-state index is 0.785. The number of aromatic nitrogens is 3. The van der Waals surface area contributed by atoms with E-state index in [0.717, 1.165) is 38.4 Å². The van der Waals surface area contributed by atoms with Crippen molar-refractivity contribution in [2.24, 2.45) is 0 Å². The van der Waals surface area contributed by atoms with Gasteiger partial charge in [0.2, 0.25) is 0 Å². The van der Waals surface area contributed by atoms with E-state index in [1.165, 1.54) is 5.39 Å². The van der Waals surface area contributed by atoms with Crippen LogP contribution in [0.4, 0.5) is 0 Å². The Hall–Kier alpha value is -2.94. The fourth-order valence-electron chi connectivity index (χ4n) is 3.02. The third kappa shape index (κ3) is 1.43. The highest BCUT2D eigenvalue weighted by Gasteiger charge is 2.09. The largest absolute Gasteiger partial charge is 0.354 e. The molecule has 0 aliphatic heterocycles. The maximum atomic E-state index is 4.67. The molecule has 0 saturated heterocycles. The summed E-state index contributed by atoms with van der Waals surface area (Å²) in [4.78, 5) is 12.7. The van der Waals surface area contributed by atoms with Crippen molar-refractivity contribution in [3.8, 4) is 0 Å². The van der Waals surface area contributed by atoms with Gasteiger partial charge in [0.25, 0.3) is 0 Å². The third-order valence-corrected chi connectivity index (χ3v) is 4.04. The van der Waals surface area contributed by atoms with Gasteiger partial charge in [0.05, 0.1) is 11.0 Å². The van der Waals surface area contributed by atoms with Crippen LogP contribution >= 0.6 is 0 Å². The van der Waals surface area contributed by atoms with Crippen molar-refractivity contribution < 1.29 is 0 Å². The number of pyridine rings is 2. The topological polar surface area (TPSA) is 41.6 Å². The first-order valence-electron chi connectivity index (χ1n) is 6.95. The molecule has 0 aliphatic rings. The SMILES string of the molecule is c1ccc2nc3ncc4c5ccccc5[nH]c4c3cc2c1. The zero-order valence-electron chi connectivity index (χ0n) is 11.2. The molecule has 0 bridgehead atoms. The van der Waals surface area contributed by atoms with Crippen LogP contribution in [0.25, 0.3) is 43.7 Å². The number of benzene rings is 2. The van der Waals surface area contributed by atoms with E-state index in [2.05, 4.69) is 45.3 Å². The first kappa shape index (κ1) is 10.8. The summed E-state index contributed by atoms with van der Waals surface area (Å²) < 4.78 is 0. The predicted molar refractivity (Wildman–Crippen MR) is 86.4 cm³/mol. The number of H-pyrrole nitrogens is 1. The Morgan fingerprint density at radius 3 is 2.67 bits per heavy atom. The predicted octanol–water partition coefficient (Wildman–Crippen LogP) is 4.42. The van der Waals surface area contributed by atoms with Crippen molar-refractivity contribution in [2.75, 3.05) is 0 Å². The molecule has 0 unspecified atom stereocenters. The molecule has 0 radical (unpaired) electrons. The number of nitrogens with zero attached hydrogens (tertiary/aromatic N) is 2. The summed E-state index contributed by atoms with van der Waals surface area (Å²) in [5.41, 5.74) is 4.01. The molecule has 2 aromatic carbocycles. The van der Waals surface area contributed by atoms with Crippen molar-refractivity contribution in [1.29, 1.82) is 0 Å². The summed E-state index contributed by atoms with van der Waals surface area (Å²) in [7, 11) is 0. The average Bonchev–Trinajstić information content (AvgIpc) is 2.92. The Morgan fingerprint density at radius 2 is 1.67 bits per heavy atom. The highest BCUT2D eigenvalue weighted by atomic mass is 14.9. The minimum Gasteiger partial charge on any atom is -0.354 e. The second-order valence-corrected chi connectivity index (χ2v) is 5.27. The molecule has 0 atom stereocenters. The van der Waals surface area contributed by atoms with Crippen LogP contribution in [0.1, 0.15) is 0 Å². The fraction of sp³-hybridized carbons (Fsp3) is 0. The molecule has 98 valence electrons. The van der Waals surface area contributed by atoms with E-state index in [9.17, 15) is 0 Å². The smallest absolute Gasteiger partial charge is 0.161 e. The fourth-order valence-corrected chi connectivity index (χ4v) is 3.02. The van der Waals surface area contributed by atoms with Gasteiger partial charge in [-0.15, -0.1) is 0 Å². The van der Waals surface area contributed by atoms with E-state index in [1.54, 1.807) is 0 Å². The monoisotopic (exact) mass is 269 g/mol. The van der Waals surface area contributed by atoms with Crippen molar-refractivity contribution in [1.82, 2.24) is 15.0 Å². The molecule has 3 heterocycles. The average molecular weight is 269 g/mol. The number of para-hydroxylation sites is 2. The molecule has 0 fully saturated rings. The zero-order valence-corrected chi connectivity index (χ0v) is 11.2. The Kier molecular flexibility index (Phi) is 1.95. The van der Waals surface area contributed by atoms with E-state index >= 15 is 0 Å². The van der Waals surface area contributed by atoms with Crippen molar-refractivity contribution in [3.05, 3.63) is 60.8 Å². The second kappa shape index (κ2) is 3.79. The Labute approximate surface area is 120 Å². The second-order valence-electron chi connectivity index (χ2n) is 5.27. The molecule has 3 heteroatoms. The quantitative estimate of drug-likeness (QED) is 0.423. The lowest BCUT2D eigenvalue weighted by Gasteiger charge is -2.02. The first-order chi connectivity index (χ1) is 10.4. The van der Waals surface area contributed by atoms with Gasteiger partial charge in [-0.25, -0.2) is 9.97 Å². The van der Waals surface area contributed by atoms with E-state index in [-0.39, 0.29) is 0 Å². The lowest BCUT2D eigenvalue weighted by Crippen LogP contribution is -1.86. The van der Waals surface area contributed by atoms with Gasteiger partial charge >= 0.3 is 0 Å². The molecule has 5 rings (SSSR count). The van der Waals surface area contributed by atoms with Gasteiger partial charge in [-0.05, 0) is 18.2 Å². The molecule has 21 heavy (non-hydrogen) atoms. The maximum absolute atomic E-state index is 4.67. The highest BCUT2D eigenvalue weighted by molar-refractivity contribution is 6.16. The zero-order chi connectivity index (χ0) is 13.8. The van der Waals surface area contributed by atoms with Gasteiger partial charge in [-0.2, -0.15) is 0 Å². The van der Waals surface area contributed by atoms with E-state index in [1.807, 2.05) is 30.5 Å². The molecule has 3 aromatic heterocycles. The molecular formula is C18H11N3. The van der Waals surface area contributed by atoms with Crippen molar-refractivity contribution in [2.45, 2.75) is 0 Å². The molecular weight excluding hydrogens is 258 g/mol. The van der Waals surface area contributed by atoms with Gasteiger partial charge in [0.1, 0.15) is 0 Å². The molecule has 0 aliphatic carbocycles. The van der Waals surface area contributed by atoms with Crippen LogP contribution in [0, 0.1) is 0 Å². The summed E-state index contributed by atoms with van der Waals surface area (Å²) in [5, 5.41) is 4.56. The van der Waals surface area contributed by atoms with Crippen LogP contribution in [0.2, 0.25) is 0 Å². The maximum Gasteiger partial charge on any atom is 0.161 e. The van der Waals surface area contributed by atoms with E-state index in [0.29, 0.717) is 0 Å². The van der Waals surface area contributed by atoms with Gasteiger partial charge in [0.15, 0.2) is 5.65 Å². The number of nitrogens with one attached hydrogen (secondary N) is 1. The standard InChI is InChI=1S/C18H11N3/c1-3-7-15-11(5-1)9-13-17-14(10-19-18(13)21-15)12-6-2-4-8-16(12)20-17/h1-10,20H. The van der Waals surface area contributed by atoms with Crippen LogP contribution in [-0.4, -0.2) is 15.0 Å². The lowest BCUT2D eigenvalue weighted by atomic mass is 10.1. The first-order valence-corrected chi connectivity index (χ1v) is 6.95. The summed E-state index contributed by atoms with van der Waals surface area (Å²) in [5.74, 6) is 0. The number of hydrogen-bond donors (Lipinski definition) is 1. The molecule has 0 spiro atoms. The van der Waals surface area contributed by atoms with Crippen LogP contribution in [0.5, 0.6) is 0 Å². The van der Waals surface area contributed by atoms with Crippen LogP contribution < -0.4 is 0 Å². The van der Waals surface area contributed by atoms with Crippen LogP contribution in [-0.2, 0) is 0 Å². The van der Waals surface area contributed by atoms with Crippen LogP contribution in [0.3, 0.4) is 0 Å². The van der Waals surface area contributed by atoms with Gasteiger partial charge in [0, 0.05) is 33.3 Å². The Balaban J connectivity index is 2.05. The van der Waals surface area contributed by atoms with Crippen molar-refractivity contribution >= 4 is 43.7 Å². The molecule has 1 N–H and O–H groups in total. The van der Waals surface area contributed by atoms with E-state index in [4.69, 9.17) is 0 Å². The summed E-state index contributed by atoms with van der Waals surface area (Å²) in [6.45, 7) is 0. The summed E-state index contributed by atoms with van der Waals surface area (Å²) in [6.07, 6.45) is 1.91. The van der Waals surface area contributed by atoms with Gasteiger partial charge in [-0.3, -0.25) is 0 Å². The number of aromatic amines is 1. The lowest BCUT2D eigenvalue weighted by molar-refractivity contribution is 1.34. The summed E-state index contributed by atoms with van der Waals surface area (Å²) in [6, 6.07) is 18.6. The Bertz CT molecular complexity index is 1140. The molecule has 0 amide bonds. The molecule has 3 nitrogen and oxygen atoms in total. The number of hydrogen-bond acceptors (Lipinski definition) is 2. The highest BCUT2D eigenvalue weighted by Crippen LogP contribution is 2.30. The normalized spacial score (nSPS) is 11.8. The molecule has 0 saturated carbocycles. The number of fused-ring (bicyclic) bond motifs is 6. The molecule has 5 aromatic rings. The van der Waals surface area contributed by atoms with Gasteiger partial charge in [-0.1, -0.05) is 36.4 Å². The van der Waals surface area contributed by atoms with Gasteiger partial charge < -0.3 is 4.98 Å². The van der Waals surface area contributed by atoms with E-state index < -0.39 is 0 Å². The Morgan fingerprint density at radius 1 is 0.810 bits per heavy atom.